The van der Waals surface area contributed by atoms with Crippen LogP contribution in [0.15, 0.2) is 0 Å². The van der Waals surface area contributed by atoms with Crippen LogP contribution >= 0.6 is 0 Å². The smallest absolute Gasteiger partial charge is 0.408 e. The summed E-state index contributed by atoms with van der Waals surface area (Å²) in [7, 11) is 0. The molecule has 300 valence electrons. The van der Waals surface area contributed by atoms with Crippen molar-refractivity contribution in [3.63, 3.8) is 0 Å². The van der Waals surface area contributed by atoms with E-state index in [0.717, 1.165) is 0 Å². The summed E-state index contributed by atoms with van der Waals surface area (Å²) in [6, 6.07) is -2.22. The van der Waals surface area contributed by atoms with Crippen molar-refractivity contribution in [1.29, 1.82) is 0 Å². The number of rotatable bonds is 6. The number of alkyl carbamates (subject to hydrolysis) is 2. The molecule has 4 N–H and O–H groups in total. The summed E-state index contributed by atoms with van der Waals surface area (Å²) >= 11 is 0. The maximum absolute atomic E-state index is 12.6. The minimum atomic E-state index is -1.26. The van der Waals surface area contributed by atoms with Crippen LogP contribution in [0.2, 0.25) is 0 Å². The van der Waals surface area contributed by atoms with Crippen LogP contribution in [-0.2, 0) is 57.1 Å². The Morgan fingerprint density at radius 3 is 1.50 bits per heavy atom. The molecule has 52 heavy (non-hydrogen) atoms. The number of carbonyl (C=O) groups excluding carboxylic acids is 6. The standard InChI is InChI=1S/C21H35NO9.C13H23NO7/c1-11(2)17(23)29-15-10-27-9-14(22-20(26)31-21(6,7)8)19(25)28-13(5)16(15)30-18(24)12(3)4;1-7-10(16)9(15)6-19-5-8(11(17)20-7)14-12(18)21-13(2,3)4/h11-16H,9-10H2,1-8H3,(H,22,26);7-10,15-16H,5-6H2,1-4H3,(H,14,18)/t13-,14-,15-,16-;7-,8-,9-,10-/m00/s1. The quantitative estimate of drug-likeness (QED) is 0.222. The lowest BCUT2D eigenvalue weighted by Gasteiger charge is -2.30. The Morgan fingerprint density at radius 2 is 1.08 bits per heavy atom. The summed E-state index contributed by atoms with van der Waals surface area (Å²) < 4.78 is 42.3. The van der Waals surface area contributed by atoms with Gasteiger partial charge in [0.15, 0.2) is 24.3 Å². The van der Waals surface area contributed by atoms with Gasteiger partial charge in [-0.2, -0.15) is 0 Å². The van der Waals surface area contributed by atoms with Gasteiger partial charge in [0.05, 0.1) is 38.3 Å². The fourth-order valence-corrected chi connectivity index (χ4v) is 4.15. The number of aliphatic hydroxyl groups excluding tert-OH is 2. The first-order chi connectivity index (χ1) is 23.8. The van der Waals surface area contributed by atoms with Gasteiger partial charge in [0, 0.05) is 0 Å². The molecule has 0 aromatic carbocycles. The van der Waals surface area contributed by atoms with E-state index in [-0.39, 0.29) is 26.4 Å². The Kier molecular flexibility index (Phi) is 18.2. The Hall–Kier alpha value is -3.74. The third kappa shape index (κ3) is 17.2. The summed E-state index contributed by atoms with van der Waals surface area (Å²) in [5.41, 5.74) is -1.46. The fourth-order valence-electron chi connectivity index (χ4n) is 4.15. The van der Waals surface area contributed by atoms with E-state index in [1.54, 1.807) is 69.2 Å². The van der Waals surface area contributed by atoms with Crippen molar-refractivity contribution in [3.05, 3.63) is 0 Å². The molecule has 0 saturated carbocycles. The summed E-state index contributed by atoms with van der Waals surface area (Å²) in [6.07, 6.45) is -7.98. The summed E-state index contributed by atoms with van der Waals surface area (Å²) in [5.74, 6) is -3.48. The molecule has 18 heteroatoms. The second-order valence-electron chi connectivity index (χ2n) is 15.0. The fraction of sp³-hybridized carbons (Fsp3) is 0.824. The summed E-state index contributed by atoms with van der Waals surface area (Å²) in [5, 5.41) is 24.1. The lowest BCUT2D eigenvalue weighted by molar-refractivity contribution is -0.189. The van der Waals surface area contributed by atoms with Gasteiger partial charge in [-0.05, 0) is 55.4 Å². The van der Waals surface area contributed by atoms with Gasteiger partial charge in [0.25, 0.3) is 0 Å². The molecule has 8 atom stereocenters. The van der Waals surface area contributed by atoms with E-state index in [0.29, 0.717) is 0 Å². The van der Waals surface area contributed by atoms with E-state index in [2.05, 4.69) is 10.6 Å². The van der Waals surface area contributed by atoms with Crippen molar-refractivity contribution in [1.82, 2.24) is 10.6 Å². The Balaban J connectivity index is 0.000000560. The Morgan fingerprint density at radius 1 is 0.673 bits per heavy atom. The molecule has 2 amide bonds. The highest BCUT2D eigenvalue weighted by atomic mass is 16.6. The number of hydrogen-bond donors (Lipinski definition) is 4. The zero-order valence-electron chi connectivity index (χ0n) is 32.2. The van der Waals surface area contributed by atoms with Gasteiger partial charge in [0.1, 0.15) is 35.6 Å². The molecule has 0 aromatic rings. The third-order valence-electron chi connectivity index (χ3n) is 6.86. The third-order valence-corrected chi connectivity index (χ3v) is 6.86. The number of aliphatic hydroxyl groups is 2. The average molecular weight is 751 g/mol. The van der Waals surface area contributed by atoms with Gasteiger partial charge < -0.3 is 58.7 Å². The highest BCUT2D eigenvalue weighted by Crippen LogP contribution is 2.20. The average Bonchev–Trinajstić information content (AvgIpc) is 3.06. The van der Waals surface area contributed by atoms with Gasteiger partial charge in [-0.15, -0.1) is 0 Å². The Bertz CT molecular complexity index is 1210. The molecule has 2 aliphatic heterocycles. The van der Waals surface area contributed by atoms with Crippen LogP contribution in [-0.4, -0.2) is 133 Å². The van der Waals surface area contributed by atoms with E-state index in [4.69, 9.17) is 37.9 Å². The molecular formula is C34H58N2O16. The van der Waals surface area contributed by atoms with Crippen LogP contribution in [0.25, 0.3) is 0 Å². The van der Waals surface area contributed by atoms with Gasteiger partial charge in [-0.25, -0.2) is 19.2 Å². The molecule has 0 radical (unpaired) electrons. The lowest BCUT2D eigenvalue weighted by atomic mass is 10.1. The second-order valence-corrected chi connectivity index (χ2v) is 15.0. The van der Waals surface area contributed by atoms with Gasteiger partial charge in [-0.1, -0.05) is 27.7 Å². The first-order valence-electron chi connectivity index (χ1n) is 17.1. The number of amides is 2. The maximum Gasteiger partial charge on any atom is 0.408 e. The minimum absolute atomic E-state index is 0.165. The van der Waals surface area contributed by atoms with Crippen LogP contribution in [0.1, 0.15) is 83.1 Å². The van der Waals surface area contributed by atoms with Crippen molar-refractivity contribution in [3.8, 4) is 0 Å². The second kappa shape index (κ2) is 20.5. The number of cyclic esters (lactones) is 2. The topological polar surface area (TPSA) is 241 Å². The summed E-state index contributed by atoms with van der Waals surface area (Å²) in [6.45, 7) is 19.0. The zero-order chi connectivity index (χ0) is 40.1. The lowest BCUT2D eigenvalue weighted by Crippen LogP contribution is -2.48. The van der Waals surface area contributed by atoms with Crippen LogP contribution in [0.5, 0.6) is 0 Å². The zero-order valence-corrected chi connectivity index (χ0v) is 32.2. The monoisotopic (exact) mass is 750 g/mol. The Labute approximate surface area is 304 Å². The predicted molar refractivity (Wildman–Crippen MR) is 181 cm³/mol. The van der Waals surface area contributed by atoms with Crippen LogP contribution in [0.3, 0.4) is 0 Å². The van der Waals surface area contributed by atoms with Gasteiger partial charge in [0.2, 0.25) is 0 Å². The molecule has 2 fully saturated rings. The minimum Gasteiger partial charge on any atom is -0.458 e. The highest BCUT2D eigenvalue weighted by Gasteiger charge is 2.40. The number of nitrogens with one attached hydrogen (secondary N) is 2. The first-order valence-corrected chi connectivity index (χ1v) is 17.1. The maximum atomic E-state index is 12.6. The van der Waals surface area contributed by atoms with Gasteiger partial charge >= 0.3 is 36.1 Å². The van der Waals surface area contributed by atoms with Crippen molar-refractivity contribution in [2.45, 2.75) is 143 Å². The highest BCUT2D eigenvalue weighted by molar-refractivity contribution is 5.82. The van der Waals surface area contributed by atoms with Crippen molar-refractivity contribution >= 4 is 36.1 Å². The molecule has 2 saturated heterocycles. The molecule has 0 aliphatic carbocycles. The molecular weight excluding hydrogens is 692 g/mol. The molecule has 0 aromatic heterocycles. The van der Waals surface area contributed by atoms with E-state index in [1.165, 1.54) is 13.8 Å². The van der Waals surface area contributed by atoms with Gasteiger partial charge in [-0.3, -0.25) is 9.59 Å². The number of ether oxygens (including phenoxy) is 8. The van der Waals surface area contributed by atoms with E-state index in [1.807, 2.05) is 0 Å². The number of esters is 4. The molecule has 2 rings (SSSR count). The normalized spacial score (nSPS) is 27.6. The largest absolute Gasteiger partial charge is 0.458 e. The molecule has 0 unspecified atom stereocenters. The predicted octanol–water partition coefficient (Wildman–Crippen LogP) is 1.54. The number of carbonyl (C=O) groups is 6. The van der Waals surface area contributed by atoms with Crippen LogP contribution in [0.4, 0.5) is 9.59 Å². The van der Waals surface area contributed by atoms with Crippen LogP contribution in [0, 0.1) is 11.8 Å². The number of hydrogen-bond acceptors (Lipinski definition) is 16. The molecule has 0 bridgehead atoms. The molecule has 18 nitrogen and oxygen atoms in total. The van der Waals surface area contributed by atoms with E-state index >= 15 is 0 Å². The first kappa shape index (κ1) is 46.3. The SMILES string of the molecule is CC(C)C(=O)O[C@H]1[C@H](C)OC(=O)[C@@H](NC(=O)OC(C)(C)C)COC[C@@H]1OC(=O)C(C)C.C[C@@H]1OC(=O)[C@@H](NC(=O)OC(C)(C)C)COC[C@H](O)[C@H]1O. The van der Waals surface area contributed by atoms with Crippen molar-refractivity contribution < 1.29 is 76.9 Å². The molecule has 2 aliphatic rings. The van der Waals surface area contributed by atoms with Crippen molar-refractivity contribution in [2.24, 2.45) is 11.8 Å². The summed E-state index contributed by atoms with van der Waals surface area (Å²) in [4.78, 5) is 72.7. The van der Waals surface area contributed by atoms with Crippen molar-refractivity contribution in [2.75, 3.05) is 26.4 Å². The van der Waals surface area contributed by atoms with E-state index < -0.39 is 108 Å². The van der Waals surface area contributed by atoms with E-state index in [9.17, 15) is 39.0 Å². The molecule has 0 spiro atoms. The molecule has 2 heterocycles. The van der Waals surface area contributed by atoms with Crippen LogP contribution < -0.4 is 10.6 Å².